The number of furan rings is 1. The van der Waals surface area contributed by atoms with E-state index in [-0.39, 0.29) is 0 Å². The van der Waals surface area contributed by atoms with Crippen LogP contribution >= 0.6 is 0 Å². The molecule has 2 heteroatoms. The Morgan fingerprint density at radius 1 is 0.388 bits per heavy atom. The lowest BCUT2D eigenvalue weighted by atomic mass is 9.67. The van der Waals surface area contributed by atoms with Crippen LogP contribution in [0, 0.1) is 0 Å². The molecule has 0 saturated heterocycles. The monoisotopic (exact) mass is 625 g/mol. The number of anilines is 3. The van der Waals surface area contributed by atoms with E-state index in [0.717, 1.165) is 39.0 Å². The molecule has 230 valence electrons. The minimum atomic E-state index is -0.467. The second kappa shape index (κ2) is 10.8. The number of rotatable bonds is 5. The van der Waals surface area contributed by atoms with Crippen LogP contribution < -0.4 is 4.90 Å². The van der Waals surface area contributed by atoms with Crippen molar-refractivity contribution >= 4 is 49.8 Å². The van der Waals surface area contributed by atoms with Gasteiger partial charge in [0.1, 0.15) is 11.2 Å². The molecule has 0 spiro atoms. The molecule has 0 amide bonds. The maximum atomic E-state index is 6.71. The van der Waals surface area contributed by atoms with Gasteiger partial charge in [0.05, 0.1) is 11.1 Å². The fraction of sp³-hybridized carbons (Fsp3) is 0.0213. The van der Waals surface area contributed by atoms with Gasteiger partial charge in [0.2, 0.25) is 0 Å². The minimum absolute atomic E-state index is 0.467. The Kier molecular flexibility index (Phi) is 6.13. The standard InChI is InChI=1S/C47H31NO/c1-3-16-33(17-4-1)47(42-23-11-9-21-38(42)39-22-10-12-24-43(39)47)34-26-28-40-41-31-36(27-29-45(41)49-46(40)30-34)48(35-18-5-2-6-19-35)44-25-13-15-32-14-7-8-20-37(32)44/h1-31H. The van der Waals surface area contributed by atoms with Crippen molar-refractivity contribution in [2.24, 2.45) is 0 Å². The highest BCUT2D eigenvalue weighted by atomic mass is 16.3. The molecule has 0 aliphatic heterocycles. The van der Waals surface area contributed by atoms with Gasteiger partial charge in [0.15, 0.2) is 0 Å². The van der Waals surface area contributed by atoms with Crippen molar-refractivity contribution in [2.75, 3.05) is 4.90 Å². The Labute approximate surface area is 285 Å². The van der Waals surface area contributed by atoms with E-state index in [9.17, 15) is 0 Å². The quantitative estimate of drug-likeness (QED) is 0.189. The summed E-state index contributed by atoms with van der Waals surface area (Å²) in [5.74, 6) is 0. The van der Waals surface area contributed by atoms with Crippen molar-refractivity contribution in [3.05, 3.63) is 210 Å². The molecule has 0 radical (unpaired) electrons. The highest BCUT2D eigenvalue weighted by Gasteiger charge is 2.46. The molecule has 0 unspecified atom stereocenters. The minimum Gasteiger partial charge on any atom is -0.456 e. The summed E-state index contributed by atoms with van der Waals surface area (Å²) < 4.78 is 6.71. The van der Waals surface area contributed by atoms with Gasteiger partial charge in [0, 0.05) is 27.5 Å². The molecule has 1 aliphatic carbocycles. The fourth-order valence-corrected chi connectivity index (χ4v) is 8.26. The Balaban J connectivity index is 1.19. The zero-order valence-electron chi connectivity index (χ0n) is 26.8. The maximum Gasteiger partial charge on any atom is 0.135 e. The number of hydrogen-bond donors (Lipinski definition) is 0. The van der Waals surface area contributed by atoms with Crippen LogP contribution in [0.4, 0.5) is 17.1 Å². The van der Waals surface area contributed by atoms with Crippen molar-refractivity contribution in [1.82, 2.24) is 0 Å². The van der Waals surface area contributed by atoms with Crippen LogP contribution in [0.25, 0.3) is 43.8 Å². The molecule has 1 heterocycles. The summed E-state index contributed by atoms with van der Waals surface area (Å²) in [4.78, 5) is 2.35. The van der Waals surface area contributed by atoms with E-state index < -0.39 is 5.41 Å². The molecular formula is C47H31NO. The highest BCUT2D eigenvalue weighted by Crippen LogP contribution is 2.56. The van der Waals surface area contributed by atoms with Crippen LogP contribution in [0.5, 0.6) is 0 Å². The van der Waals surface area contributed by atoms with Crippen LogP contribution in [0.1, 0.15) is 22.3 Å². The summed E-state index contributed by atoms with van der Waals surface area (Å²) in [6.45, 7) is 0. The Morgan fingerprint density at radius 3 is 1.82 bits per heavy atom. The summed E-state index contributed by atoms with van der Waals surface area (Å²) in [5.41, 5.74) is 12.2. The second-order valence-electron chi connectivity index (χ2n) is 12.9. The first kappa shape index (κ1) is 27.7. The van der Waals surface area contributed by atoms with Gasteiger partial charge in [-0.2, -0.15) is 0 Å². The summed E-state index contributed by atoms with van der Waals surface area (Å²) in [6.07, 6.45) is 0. The molecule has 2 nitrogen and oxygen atoms in total. The smallest absolute Gasteiger partial charge is 0.135 e. The molecule has 1 aromatic heterocycles. The van der Waals surface area contributed by atoms with Crippen molar-refractivity contribution in [1.29, 1.82) is 0 Å². The number of nitrogens with zero attached hydrogens (tertiary/aromatic N) is 1. The lowest BCUT2D eigenvalue weighted by Gasteiger charge is -2.33. The molecule has 0 saturated carbocycles. The average Bonchev–Trinajstić information content (AvgIpc) is 3.69. The molecular weight excluding hydrogens is 595 g/mol. The SMILES string of the molecule is c1ccc(N(c2ccc3oc4cc(C5(c6ccccc6)c6ccccc6-c6ccccc65)ccc4c3c2)c2cccc3ccccc23)cc1. The third-order valence-electron chi connectivity index (χ3n) is 10.3. The van der Waals surface area contributed by atoms with Gasteiger partial charge < -0.3 is 9.32 Å². The van der Waals surface area contributed by atoms with Gasteiger partial charge in [-0.15, -0.1) is 0 Å². The average molecular weight is 626 g/mol. The summed E-state index contributed by atoms with van der Waals surface area (Å²) >= 11 is 0. The van der Waals surface area contributed by atoms with Crippen LogP contribution in [0.15, 0.2) is 192 Å². The summed E-state index contributed by atoms with van der Waals surface area (Å²) in [5, 5.41) is 4.63. The molecule has 0 atom stereocenters. The predicted octanol–water partition coefficient (Wildman–Crippen LogP) is 12.6. The summed E-state index contributed by atoms with van der Waals surface area (Å²) in [6, 6.07) is 67.8. The molecule has 8 aromatic carbocycles. The molecule has 0 fully saturated rings. The molecule has 1 aliphatic rings. The predicted molar refractivity (Wildman–Crippen MR) is 203 cm³/mol. The normalized spacial score (nSPS) is 13.1. The van der Waals surface area contributed by atoms with E-state index >= 15 is 0 Å². The van der Waals surface area contributed by atoms with E-state index in [0.29, 0.717) is 0 Å². The van der Waals surface area contributed by atoms with Crippen molar-refractivity contribution in [3.8, 4) is 11.1 Å². The van der Waals surface area contributed by atoms with Crippen LogP contribution in [0.3, 0.4) is 0 Å². The van der Waals surface area contributed by atoms with Gasteiger partial charge in [0.25, 0.3) is 0 Å². The van der Waals surface area contributed by atoms with E-state index in [1.807, 2.05) is 0 Å². The van der Waals surface area contributed by atoms with E-state index in [2.05, 4.69) is 193 Å². The van der Waals surface area contributed by atoms with Crippen LogP contribution in [-0.2, 0) is 5.41 Å². The second-order valence-corrected chi connectivity index (χ2v) is 12.9. The first-order valence-electron chi connectivity index (χ1n) is 16.9. The van der Waals surface area contributed by atoms with Crippen molar-refractivity contribution < 1.29 is 4.42 Å². The summed E-state index contributed by atoms with van der Waals surface area (Å²) in [7, 11) is 0. The molecule has 9 aromatic rings. The van der Waals surface area contributed by atoms with Crippen LogP contribution in [0.2, 0.25) is 0 Å². The van der Waals surface area contributed by atoms with Gasteiger partial charge in [-0.3, -0.25) is 0 Å². The lowest BCUT2D eigenvalue weighted by Crippen LogP contribution is -2.28. The molecule has 49 heavy (non-hydrogen) atoms. The number of benzene rings is 8. The zero-order chi connectivity index (χ0) is 32.4. The van der Waals surface area contributed by atoms with E-state index in [1.54, 1.807) is 0 Å². The number of fused-ring (bicyclic) bond motifs is 7. The van der Waals surface area contributed by atoms with E-state index in [4.69, 9.17) is 4.42 Å². The van der Waals surface area contributed by atoms with E-state index in [1.165, 1.54) is 44.2 Å². The van der Waals surface area contributed by atoms with Crippen molar-refractivity contribution in [2.45, 2.75) is 5.41 Å². The first-order chi connectivity index (χ1) is 24.3. The van der Waals surface area contributed by atoms with Gasteiger partial charge in [-0.1, -0.05) is 146 Å². The first-order valence-corrected chi connectivity index (χ1v) is 16.9. The third-order valence-corrected chi connectivity index (χ3v) is 10.3. The zero-order valence-corrected chi connectivity index (χ0v) is 26.8. The van der Waals surface area contributed by atoms with Gasteiger partial charge in [-0.05, 0) is 81.2 Å². The molecule has 10 rings (SSSR count). The number of hydrogen-bond acceptors (Lipinski definition) is 2. The molecule has 0 bridgehead atoms. The molecule has 0 N–H and O–H groups in total. The van der Waals surface area contributed by atoms with Gasteiger partial charge >= 0.3 is 0 Å². The van der Waals surface area contributed by atoms with Crippen LogP contribution in [-0.4, -0.2) is 0 Å². The Hall–Kier alpha value is -6.38. The van der Waals surface area contributed by atoms with Gasteiger partial charge in [-0.25, -0.2) is 0 Å². The Morgan fingerprint density at radius 2 is 1.04 bits per heavy atom. The third kappa shape index (κ3) is 4.07. The van der Waals surface area contributed by atoms with Crippen molar-refractivity contribution in [3.63, 3.8) is 0 Å². The lowest BCUT2D eigenvalue weighted by molar-refractivity contribution is 0.665. The Bertz CT molecular complexity index is 2620. The largest absolute Gasteiger partial charge is 0.456 e. The highest BCUT2D eigenvalue weighted by molar-refractivity contribution is 6.08. The topological polar surface area (TPSA) is 16.4 Å². The maximum absolute atomic E-state index is 6.71. The fourth-order valence-electron chi connectivity index (χ4n) is 8.26. The number of para-hydroxylation sites is 1.